The summed E-state index contributed by atoms with van der Waals surface area (Å²) >= 11 is 0. The summed E-state index contributed by atoms with van der Waals surface area (Å²) in [4.78, 5) is 11.2. The number of amides is 1. The van der Waals surface area contributed by atoms with Crippen LogP contribution in [0.2, 0.25) is 0 Å². The second-order valence-corrected chi connectivity index (χ2v) is 4.93. The van der Waals surface area contributed by atoms with E-state index in [4.69, 9.17) is 5.73 Å². The molecule has 102 valence electrons. The SMILES string of the molecule is CCn1c2ccc(N)cc2c2cc(NC(C)=O)ccc21. The number of hydrogen-bond acceptors (Lipinski definition) is 2. The molecule has 3 aromatic rings. The number of nitrogens with one attached hydrogen (secondary N) is 1. The van der Waals surface area contributed by atoms with Gasteiger partial charge in [0.2, 0.25) is 5.91 Å². The van der Waals surface area contributed by atoms with E-state index in [1.165, 1.54) is 6.92 Å². The number of nitrogens with two attached hydrogens (primary N) is 1. The molecule has 0 atom stereocenters. The number of carbonyl (C=O) groups excluding carboxylic acids is 1. The molecule has 0 saturated carbocycles. The summed E-state index contributed by atoms with van der Waals surface area (Å²) in [6.45, 7) is 4.53. The Hall–Kier alpha value is -2.49. The van der Waals surface area contributed by atoms with Gasteiger partial charge in [0, 0.05) is 46.6 Å². The Morgan fingerprint density at radius 2 is 1.80 bits per heavy atom. The van der Waals surface area contributed by atoms with Crippen molar-refractivity contribution < 1.29 is 4.79 Å². The average Bonchev–Trinajstić information content (AvgIpc) is 2.71. The van der Waals surface area contributed by atoms with E-state index in [1.54, 1.807) is 0 Å². The maximum atomic E-state index is 11.2. The largest absolute Gasteiger partial charge is 0.399 e. The monoisotopic (exact) mass is 267 g/mol. The van der Waals surface area contributed by atoms with Crippen LogP contribution in [0.25, 0.3) is 21.8 Å². The van der Waals surface area contributed by atoms with Gasteiger partial charge in [0.25, 0.3) is 0 Å². The highest BCUT2D eigenvalue weighted by molar-refractivity contribution is 6.10. The minimum absolute atomic E-state index is 0.0666. The number of aryl methyl sites for hydroxylation is 1. The summed E-state index contributed by atoms with van der Waals surface area (Å²) in [7, 11) is 0. The Balaban J connectivity index is 2.35. The Morgan fingerprint density at radius 1 is 1.15 bits per heavy atom. The fraction of sp³-hybridized carbons (Fsp3) is 0.188. The zero-order valence-electron chi connectivity index (χ0n) is 11.6. The fourth-order valence-corrected chi connectivity index (χ4v) is 2.74. The Labute approximate surface area is 117 Å². The van der Waals surface area contributed by atoms with Crippen LogP contribution in [0.4, 0.5) is 11.4 Å². The highest BCUT2D eigenvalue weighted by Crippen LogP contribution is 2.32. The number of anilines is 2. The lowest BCUT2D eigenvalue weighted by atomic mass is 10.1. The van der Waals surface area contributed by atoms with Crippen molar-refractivity contribution in [3.05, 3.63) is 36.4 Å². The molecule has 1 aromatic heterocycles. The number of rotatable bonds is 2. The van der Waals surface area contributed by atoms with Gasteiger partial charge in [-0.1, -0.05) is 0 Å². The minimum Gasteiger partial charge on any atom is -0.399 e. The molecule has 20 heavy (non-hydrogen) atoms. The molecule has 1 amide bonds. The molecule has 2 aromatic carbocycles. The van der Waals surface area contributed by atoms with Crippen LogP contribution in [0.15, 0.2) is 36.4 Å². The number of aromatic nitrogens is 1. The van der Waals surface area contributed by atoms with Crippen LogP contribution in [-0.4, -0.2) is 10.5 Å². The Bertz CT molecular complexity index is 817. The summed E-state index contributed by atoms with van der Waals surface area (Å²) in [5, 5.41) is 5.06. The average molecular weight is 267 g/mol. The van der Waals surface area contributed by atoms with Crippen molar-refractivity contribution in [3.8, 4) is 0 Å². The zero-order valence-corrected chi connectivity index (χ0v) is 11.6. The molecular formula is C16H17N3O. The van der Waals surface area contributed by atoms with E-state index in [2.05, 4.69) is 16.8 Å². The lowest BCUT2D eigenvalue weighted by molar-refractivity contribution is -0.114. The Kier molecular flexibility index (Phi) is 2.86. The van der Waals surface area contributed by atoms with Crippen molar-refractivity contribution in [1.82, 2.24) is 4.57 Å². The van der Waals surface area contributed by atoms with Crippen LogP contribution in [0, 0.1) is 0 Å². The van der Waals surface area contributed by atoms with E-state index >= 15 is 0 Å². The number of benzene rings is 2. The van der Waals surface area contributed by atoms with Gasteiger partial charge in [-0.2, -0.15) is 0 Å². The van der Waals surface area contributed by atoms with Gasteiger partial charge in [-0.15, -0.1) is 0 Å². The molecule has 0 fully saturated rings. The number of fused-ring (bicyclic) bond motifs is 3. The molecule has 0 unspecified atom stereocenters. The number of nitrogen functional groups attached to an aromatic ring is 1. The van der Waals surface area contributed by atoms with Crippen LogP contribution in [0.1, 0.15) is 13.8 Å². The first-order valence-electron chi connectivity index (χ1n) is 6.69. The second kappa shape index (κ2) is 4.56. The first-order valence-corrected chi connectivity index (χ1v) is 6.69. The highest BCUT2D eigenvalue weighted by atomic mass is 16.1. The van der Waals surface area contributed by atoms with E-state index < -0.39 is 0 Å². The Morgan fingerprint density at radius 3 is 2.45 bits per heavy atom. The van der Waals surface area contributed by atoms with Gasteiger partial charge < -0.3 is 15.6 Å². The van der Waals surface area contributed by atoms with Crippen molar-refractivity contribution in [2.24, 2.45) is 0 Å². The second-order valence-electron chi connectivity index (χ2n) is 4.93. The van der Waals surface area contributed by atoms with E-state index in [9.17, 15) is 4.79 Å². The molecule has 0 aliphatic rings. The van der Waals surface area contributed by atoms with Crippen molar-refractivity contribution in [1.29, 1.82) is 0 Å². The van der Waals surface area contributed by atoms with Crippen LogP contribution < -0.4 is 11.1 Å². The van der Waals surface area contributed by atoms with Gasteiger partial charge in [0.1, 0.15) is 0 Å². The summed E-state index contributed by atoms with van der Waals surface area (Å²) in [5.74, 6) is -0.0666. The first kappa shape index (κ1) is 12.5. The van der Waals surface area contributed by atoms with E-state index in [1.807, 2.05) is 36.4 Å². The summed E-state index contributed by atoms with van der Waals surface area (Å²) in [6, 6.07) is 11.9. The molecule has 3 N–H and O–H groups in total. The lowest BCUT2D eigenvalue weighted by Crippen LogP contribution is -2.05. The molecule has 0 saturated heterocycles. The third kappa shape index (κ3) is 1.90. The quantitative estimate of drug-likeness (QED) is 0.699. The molecule has 4 nitrogen and oxygen atoms in total. The lowest BCUT2D eigenvalue weighted by Gasteiger charge is -2.04. The normalized spacial score (nSPS) is 11.1. The smallest absolute Gasteiger partial charge is 0.221 e. The van der Waals surface area contributed by atoms with Crippen LogP contribution in [-0.2, 0) is 11.3 Å². The van der Waals surface area contributed by atoms with Crippen molar-refractivity contribution >= 4 is 39.1 Å². The molecule has 3 rings (SSSR count). The third-order valence-electron chi connectivity index (χ3n) is 3.53. The maximum absolute atomic E-state index is 11.2. The minimum atomic E-state index is -0.0666. The molecule has 0 spiro atoms. The predicted octanol–water partition coefficient (Wildman–Crippen LogP) is 3.36. The summed E-state index contributed by atoms with van der Waals surface area (Å²) in [6.07, 6.45) is 0. The van der Waals surface area contributed by atoms with Crippen LogP contribution in [0.5, 0.6) is 0 Å². The van der Waals surface area contributed by atoms with Gasteiger partial charge in [-0.25, -0.2) is 0 Å². The topological polar surface area (TPSA) is 60.0 Å². The molecule has 0 aliphatic carbocycles. The molecule has 1 heterocycles. The molecule has 0 radical (unpaired) electrons. The maximum Gasteiger partial charge on any atom is 0.221 e. The fourth-order valence-electron chi connectivity index (χ4n) is 2.74. The van der Waals surface area contributed by atoms with Gasteiger partial charge in [-0.3, -0.25) is 4.79 Å². The summed E-state index contributed by atoms with van der Waals surface area (Å²) < 4.78 is 2.25. The van der Waals surface area contributed by atoms with Crippen molar-refractivity contribution in [3.63, 3.8) is 0 Å². The molecule has 0 aliphatic heterocycles. The van der Waals surface area contributed by atoms with Gasteiger partial charge in [0.05, 0.1) is 0 Å². The zero-order chi connectivity index (χ0) is 14.3. The predicted molar refractivity (Wildman–Crippen MR) is 83.8 cm³/mol. The first-order chi connectivity index (χ1) is 9.60. The number of carbonyl (C=O) groups is 1. The van der Waals surface area contributed by atoms with E-state index in [0.29, 0.717) is 0 Å². The third-order valence-corrected chi connectivity index (χ3v) is 3.53. The highest BCUT2D eigenvalue weighted by Gasteiger charge is 2.10. The van der Waals surface area contributed by atoms with E-state index in [0.717, 1.165) is 39.7 Å². The van der Waals surface area contributed by atoms with Crippen molar-refractivity contribution in [2.75, 3.05) is 11.1 Å². The number of hydrogen-bond donors (Lipinski definition) is 2. The van der Waals surface area contributed by atoms with Gasteiger partial charge >= 0.3 is 0 Å². The summed E-state index contributed by atoms with van der Waals surface area (Å²) in [5.41, 5.74) is 9.78. The standard InChI is InChI=1S/C16H17N3O/c1-3-19-15-6-4-11(17)8-13(15)14-9-12(18-10(2)20)5-7-16(14)19/h4-9H,3,17H2,1-2H3,(H,18,20). The van der Waals surface area contributed by atoms with Crippen LogP contribution in [0.3, 0.4) is 0 Å². The van der Waals surface area contributed by atoms with Gasteiger partial charge in [0.15, 0.2) is 0 Å². The molecule has 4 heteroatoms. The van der Waals surface area contributed by atoms with Crippen molar-refractivity contribution in [2.45, 2.75) is 20.4 Å². The molecule has 0 bridgehead atoms. The number of nitrogens with zero attached hydrogens (tertiary/aromatic N) is 1. The molecular weight excluding hydrogens is 250 g/mol. The van der Waals surface area contributed by atoms with Gasteiger partial charge in [-0.05, 0) is 43.3 Å². The van der Waals surface area contributed by atoms with E-state index in [-0.39, 0.29) is 5.91 Å². The van der Waals surface area contributed by atoms with Crippen LogP contribution >= 0.6 is 0 Å².